The quantitative estimate of drug-likeness (QED) is 0.213. The Morgan fingerprint density at radius 2 is 1.02 bits per heavy atom. The van der Waals surface area contributed by atoms with E-state index in [4.69, 9.17) is 15.0 Å². The van der Waals surface area contributed by atoms with Crippen molar-refractivity contribution in [1.82, 2.24) is 24.1 Å². The molecule has 0 atom stereocenters. The Kier molecular flexibility index (Phi) is 5.69. The lowest BCUT2D eigenvalue weighted by Gasteiger charge is -2.16. The third-order valence-corrected chi connectivity index (χ3v) is 8.97. The highest BCUT2D eigenvalue weighted by molar-refractivity contribution is 6.18. The summed E-state index contributed by atoms with van der Waals surface area (Å²) < 4.78 is 4.79. The molecule has 0 unspecified atom stereocenters. The van der Waals surface area contributed by atoms with Gasteiger partial charge in [0.15, 0.2) is 11.6 Å². The number of rotatable bonds is 4. The molecule has 9 rings (SSSR count). The Bertz CT molecular complexity index is 2260. The molecule has 5 nitrogen and oxygen atoms in total. The van der Waals surface area contributed by atoms with Gasteiger partial charge in [0.2, 0.25) is 5.95 Å². The van der Waals surface area contributed by atoms with E-state index in [0.29, 0.717) is 17.6 Å². The van der Waals surface area contributed by atoms with Crippen LogP contribution in [0.1, 0.15) is 24.1 Å². The van der Waals surface area contributed by atoms with E-state index >= 15 is 0 Å². The first-order valence-electron chi connectivity index (χ1n) is 15.4. The molecule has 0 saturated carbocycles. The molecule has 0 spiro atoms. The zero-order valence-corrected chi connectivity index (χ0v) is 24.2. The standard InChI is InChI=1S/C39H29N5/c1-4-14-26(15-5-1)37-40-38(27-16-6-2-7-17-27)42-39(41-37)44-34-23-13-11-21-30(34)32-25-24-31-29-20-10-12-22-33(29)43(35(31)36(32)44)28-18-8-3-9-19-28/h1-10,12,14-20,22,24-25H,11,13,21,23H2. The summed E-state index contributed by atoms with van der Waals surface area (Å²) in [7, 11) is 0. The third-order valence-electron chi connectivity index (χ3n) is 8.97. The molecule has 5 heteroatoms. The fourth-order valence-electron chi connectivity index (χ4n) is 7.03. The normalized spacial score (nSPS) is 13.1. The minimum absolute atomic E-state index is 0.670. The molecule has 0 saturated heterocycles. The van der Waals surface area contributed by atoms with E-state index in [9.17, 15) is 0 Å². The first-order chi connectivity index (χ1) is 21.8. The molecule has 44 heavy (non-hydrogen) atoms. The number of para-hydroxylation sites is 2. The van der Waals surface area contributed by atoms with Crippen LogP contribution in [0, 0.1) is 0 Å². The van der Waals surface area contributed by atoms with Gasteiger partial charge in [-0.15, -0.1) is 0 Å². The maximum Gasteiger partial charge on any atom is 0.238 e. The lowest BCUT2D eigenvalue weighted by molar-refractivity contribution is 0.661. The molecule has 8 aromatic rings. The van der Waals surface area contributed by atoms with Crippen LogP contribution in [-0.2, 0) is 12.8 Å². The topological polar surface area (TPSA) is 48.5 Å². The third kappa shape index (κ3) is 3.82. The van der Waals surface area contributed by atoms with Gasteiger partial charge in [0.25, 0.3) is 0 Å². The minimum atomic E-state index is 0.670. The maximum atomic E-state index is 5.22. The summed E-state index contributed by atoms with van der Waals surface area (Å²) in [6.45, 7) is 0. The Morgan fingerprint density at radius 3 is 1.73 bits per heavy atom. The summed E-state index contributed by atoms with van der Waals surface area (Å²) >= 11 is 0. The van der Waals surface area contributed by atoms with E-state index < -0.39 is 0 Å². The summed E-state index contributed by atoms with van der Waals surface area (Å²) in [5, 5.41) is 3.76. The summed E-state index contributed by atoms with van der Waals surface area (Å²) in [5.74, 6) is 2.02. The molecule has 0 amide bonds. The predicted octanol–water partition coefficient (Wildman–Crippen LogP) is 9.13. The molecule has 5 aromatic carbocycles. The van der Waals surface area contributed by atoms with Gasteiger partial charge in [-0.05, 0) is 49.4 Å². The molecule has 3 heterocycles. The van der Waals surface area contributed by atoms with E-state index in [-0.39, 0.29) is 0 Å². The van der Waals surface area contributed by atoms with Crippen molar-refractivity contribution >= 4 is 32.7 Å². The molecule has 0 bridgehead atoms. The highest BCUT2D eigenvalue weighted by atomic mass is 15.2. The van der Waals surface area contributed by atoms with Crippen molar-refractivity contribution in [1.29, 1.82) is 0 Å². The fraction of sp³-hybridized carbons (Fsp3) is 0.103. The van der Waals surface area contributed by atoms with Crippen LogP contribution in [0.3, 0.4) is 0 Å². The van der Waals surface area contributed by atoms with Gasteiger partial charge in [0.1, 0.15) is 0 Å². The van der Waals surface area contributed by atoms with Crippen LogP contribution < -0.4 is 0 Å². The highest BCUT2D eigenvalue weighted by Gasteiger charge is 2.27. The van der Waals surface area contributed by atoms with Crippen LogP contribution in [0.15, 0.2) is 127 Å². The van der Waals surface area contributed by atoms with Gasteiger partial charge in [-0.2, -0.15) is 9.97 Å². The first-order valence-corrected chi connectivity index (χ1v) is 15.4. The zero-order valence-electron chi connectivity index (χ0n) is 24.2. The average molecular weight is 568 g/mol. The number of benzene rings is 5. The van der Waals surface area contributed by atoms with Gasteiger partial charge < -0.3 is 4.57 Å². The van der Waals surface area contributed by atoms with Crippen molar-refractivity contribution in [3.63, 3.8) is 0 Å². The molecular formula is C39H29N5. The van der Waals surface area contributed by atoms with Crippen molar-refractivity contribution in [2.75, 3.05) is 0 Å². The molecule has 210 valence electrons. The van der Waals surface area contributed by atoms with Crippen LogP contribution in [0.25, 0.3) is 67.1 Å². The number of fused-ring (bicyclic) bond motifs is 7. The van der Waals surface area contributed by atoms with Gasteiger partial charge in [-0.25, -0.2) is 4.98 Å². The number of aromatic nitrogens is 5. The van der Waals surface area contributed by atoms with E-state index in [1.54, 1.807) is 0 Å². The van der Waals surface area contributed by atoms with Gasteiger partial charge in [0, 0.05) is 38.7 Å². The Labute approximate surface area is 255 Å². The van der Waals surface area contributed by atoms with Crippen LogP contribution in [0.5, 0.6) is 0 Å². The van der Waals surface area contributed by atoms with Gasteiger partial charge in [-0.3, -0.25) is 4.57 Å². The number of hydrogen-bond donors (Lipinski definition) is 0. The van der Waals surface area contributed by atoms with Gasteiger partial charge in [-0.1, -0.05) is 109 Å². The SMILES string of the molecule is c1ccc(-c2nc(-c3ccccc3)nc(-n3c4c(c5ccc6c7ccccc7n(-c7ccccc7)c6c53)CCCC4)n2)cc1. The molecule has 3 aromatic heterocycles. The molecule has 0 aliphatic heterocycles. The van der Waals surface area contributed by atoms with Crippen molar-refractivity contribution in [3.05, 3.63) is 139 Å². The van der Waals surface area contributed by atoms with Crippen molar-refractivity contribution in [2.24, 2.45) is 0 Å². The zero-order chi connectivity index (χ0) is 29.0. The number of nitrogens with zero attached hydrogens (tertiary/aromatic N) is 5. The highest BCUT2D eigenvalue weighted by Crippen LogP contribution is 2.42. The summed E-state index contributed by atoms with van der Waals surface area (Å²) in [6, 6.07) is 44.6. The van der Waals surface area contributed by atoms with Gasteiger partial charge >= 0.3 is 0 Å². The van der Waals surface area contributed by atoms with E-state index in [0.717, 1.165) is 36.1 Å². The lowest BCUT2D eigenvalue weighted by Crippen LogP contribution is -2.12. The van der Waals surface area contributed by atoms with Crippen LogP contribution in [0.4, 0.5) is 0 Å². The lowest BCUT2D eigenvalue weighted by atomic mass is 9.95. The Morgan fingerprint density at radius 1 is 0.455 bits per heavy atom. The van der Waals surface area contributed by atoms with E-state index in [1.165, 1.54) is 50.4 Å². The van der Waals surface area contributed by atoms with Gasteiger partial charge in [0.05, 0.1) is 16.6 Å². The molecule has 1 aliphatic carbocycles. The second-order valence-corrected chi connectivity index (χ2v) is 11.5. The van der Waals surface area contributed by atoms with Crippen LogP contribution in [-0.4, -0.2) is 24.1 Å². The fourth-order valence-corrected chi connectivity index (χ4v) is 7.03. The second kappa shape index (κ2) is 10.0. The molecule has 0 radical (unpaired) electrons. The number of aryl methyl sites for hydroxylation is 1. The minimum Gasteiger partial charge on any atom is -0.307 e. The molecular weight excluding hydrogens is 538 g/mol. The summed E-state index contributed by atoms with van der Waals surface area (Å²) in [5.41, 5.74) is 9.36. The van der Waals surface area contributed by atoms with Crippen molar-refractivity contribution < 1.29 is 0 Å². The van der Waals surface area contributed by atoms with Crippen molar-refractivity contribution in [2.45, 2.75) is 25.7 Å². The predicted molar refractivity (Wildman–Crippen MR) is 179 cm³/mol. The van der Waals surface area contributed by atoms with Crippen molar-refractivity contribution in [3.8, 4) is 34.4 Å². The largest absolute Gasteiger partial charge is 0.307 e. The van der Waals surface area contributed by atoms with Crippen LogP contribution >= 0.6 is 0 Å². The van der Waals surface area contributed by atoms with E-state index in [2.05, 4.69) is 100 Å². The summed E-state index contributed by atoms with van der Waals surface area (Å²) in [4.78, 5) is 15.4. The Hall–Kier alpha value is -5.55. The Balaban J connectivity index is 1.45. The molecule has 0 N–H and O–H groups in total. The number of hydrogen-bond acceptors (Lipinski definition) is 3. The smallest absolute Gasteiger partial charge is 0.238 e. The van der Waals surface area contributed by atoms with Crippen LogP contribution in [0.2, 0.25) is 0 Å². The monoisotopic (exact) mass is 567 g/mol. The second-order valence-electron chi connectivity index (χ2n) is 11.5. The molecule has 1 aliphatic rings. The average Bonchev–Trinajstić information content (AvgIpc) is 3.62. The molecule has 0 fully saturated rings. The summed E-state index contributed by atoms with van der Waals surface area (Å²) in [6.07, 6.45) is 4.38. The maximum absolute atomic E-state index is 5.22. The first kappa shape index (κ1) is 25.0. The van der Waals surface area contributed by atoms with E-state index in [1.807, 2.05) is 36.4 Å².